The topological polar surface area (TPSA) is 118 Å². The number of nitrogens with two attached hydrogens (primary N) is 1. The van der Waals surface area contributed by atoms with E-state index in [1.807, 2.05) is 0 Å². The van der Waals surface area contributed by atoms with Crippen molar-refractivity contribution in [2.24, 2.45) is 0 Å². The summed E-state index contributed by atoms with van der Waals surface area (Å²) in [5.74, 6) is 1.07. The largest absolute Gasteiger partial charge is 0.382 e. The molecule has 2 rings (SSSR count). The molecule has 0 aliphatic heterocycles. The van der Waals surface area contributed by atoms with Crippen molar-refractivity contribution in [3.63, 3.8) is 0 Å². The second kappa shape index (κ2) is 5.35. The van der Waals surface area contributed by atoms with Gasteiger partial charge in [-0.2, -0.15) is 9.40 Å². The third kappa shape index (κ3) is 2.89. The van der Waals surface area contributed by atoms with Gasteiger partial charge in [0.05, 0.1) is 11.6 Å². The number of pyridine rings is 1. The lowest BCUT2D eigenvalue weighted by Gasteiger charge is -2.15. The second-order valence-corrected chi connectivity index (χ2v) is 6.59. The average Bonchev–Trinajstić information content (AvgIpc) is 2.78. The Bertz CT molecular complexity index is 729. The van der Waals surface area contributed by atoms with Gasteiger partial charge in [-0.3, -0.25) is 5.10 Å². The molecule has 0 spiro atoms. The molecule has 2 heterocycles. The maximum atomic E-state index is 12.3. The smallest absolute Gasteiger partial charge is 0.244 e. The van der Waals surface area contributed by atoms with Crippen LogP contribution < -0.4 is 5.73 Å². The molecule has 10 heteroatoms. The van der Waals surface area contributed by atoms with Crippen molar-refractivity contribution in [3.8, 4) is 0 Å². The summed E-state index contributed by atoms with van der Waals surface area (Å²) in [7, 11) is -2.31. The lowest BCUT2D eigenvalue weighted by molar-refractivity contribution is 0.457. The van der Waals surface area contributed by atoms with E-state index in [-0.39, 0.29) is 22.3 Å². The standard InChI is InChI=1S/C10H13ClN6O2S/c1-6-14-9(16-15-6)5-17(2)20(18,19)7-3-8(11)10(12)13-4-7/h3-4H,5H2,1-2H3,(H2,12,13)(H,14,15,16). The monoisotopic (exact) mass is 316 g/mol. The third-order valence-corrected chi connectivity index (χ3v) is 4.63. The Hall–Kier alpha value is -1.71. The summed E-state index contributed by atoms with van der Waals surface area (Å²) in [6.45, 7) is 1.77. The Kier molecular flexibility index (Phi) is 3.93. The van der Waals surface area contributed by atoms with Gasteiger partial charge in [-0.05, 0) is 13.0 Å². The zero-order chi connectivity index (χ0) is 14.9. The molecule has 0 unspecified atom stereocenters. The molecule has 0 aliphatic carbocycles. The molecule has 108 valence electrons. The van der Waals surface area contributed by atoms with Gasteiger partial charge in [-0.1, -0.05) is 11.6 Å². The number of halogens is 1. The van der Waals surface area contributed by atoms with Gasteiger partial charge < -0.3 is 5.73 Å². The molecule has 2 aromatic heterocycles. The average molecular weight is 317 g/mol. The number of sulfonamides is 1. The fourth-order valence-electron chi connectivity index (χ4n) is 1.50. The number of aromatic amines is 1. The molecule has 8 nitrogen and oxygen atoms in total. The SMILES string of the molecule is Cc1nc(CN(C)S(=O)(=O)c2cnc(N)c(Cl)c2)n[nH]1. The predicted molar refractivity (Wildman–Crippen MR) is 73.4 cm³/mol. The minimum Gasteiger partial charge on any atom is -0.382 e. The second-order valence-electron chi connectivity index (χ2n) is 4.14. The predicted octanol–water partition coefficient (Wildman–Crippen LogP) is 0.564. The van der Waals surface area contributed by atoms with Crippen molar-refractivity contribution >= 4 is 27.4 Å². The van der Waals surface area contributed by atoms with Crippen LogP contribution in [-0.4, -0.2) is 39.9 Å². The lowest BCUT2D eigenvalue weighted by atomic mass is 10.5. The Balaban J connectivity index is 2.27. The first-order valence-electron chi connectivity index (χ1n) is 5.56. The van der Waals surface area contributed by atoms with Crippen LogP contribution in [0.4, 0.5) is 5.82 Å². The minimum absolute atomic E-state index is 0.0357. The van der Waals surface area contributed by atoms with Crippen LogP contribution in [0.2, 0.25) is 5.02 Å². The van der Waals surface area contributed by atoms with Crippen molar-refractivity contribution in [3.05, 3.63) is 28.9 Å². The lowest BCUT2D eigenvalue weighted by Crippen LogP contribution is -2.27. The summed E-state index contributed by atoms with van der Waals surface area (Å²) >= 11 is 5.79. The highest BCUT2D eigenvalue weighted by Crippen LogP contribution is 2.22. The zero-order valence-electron chi connectivity index (χ0n) is 10.8. The summed E-state index contributed by atoms with van der Waals surface area (Å²) in [6.07, 6.45) is 1.16. The van der Waals surface area contributed by atoms with E-state index in [0.29, 0.717) is 11.6 Å². The number of aryl methyl sites for hydroxylation is 1. The number of nitrogens with zero attached hydrogens (tertiary/aromatic N) is 4. The number of hydrogen-bond donors (Lipinski definition) is 2. The van der Waals surface area contributed by atoms with Crippen molar-refractivity contribution in [2.75, 3.05) is 12.8 Å². The molecule has 0 saturated carbocycles. The molecular formula is C10H13ClN6O2S. The van der Waals surface area contributed by atoms with E-state index in [1.165, 1.54) is 13.1 Å². The number of nitrogens with one attached hydrogen (secondary N) is 1. The van der Waals surface area contributed by atoms with E-state index < -0.39 is 10.0 Å². The Labute approximate surface area is 121 Å². The van der Waals surface area contributed by atoms with Gasteiger partial charge in [0, 0.05) is 13.2 Å². The van der Waals surface area contributed by atoms with Gasteiger partial charge >= 0.3 is 0 Å². The fraction of sp³-hybridized carbons (Fsp3) is 0.300. The Morgan fingerprint density at radius 2 is 2.20 bits per heavy atom. The summed E-state index contributed by atoms with van der Waals surface area (Å²) in [4.78, 5) is 7.76. The van der Waals surface area contributed by atoms with E-state index in [2.05, 4.69) is 20.2 Å². The molecule has 0 aromatic carbocycles. The van der Waals surface area contributed by atoms with Gasteiger partial charge in [0.25, 0.3) is 0 Å². The summed E-state index contributed by atoms with van der Waals surface area (Å²) in [5.41, 5.74) is 5.46. The van der Waals surface area contributed by atoms with Crippen molar-refractivity contribution in [1.29, 1.82) is 0 Å². The first kappa shape index (κ1) is 14.7. The molecule has 3 N–H and O–H groups in total. The first-order valence-corrected chi connectivity index (χ1v) is 7.37. The normalized spacial score (nSPS) is 12.0. The summed E-state index contributed by atoms with van der Waals surface area (Å²) in [5, 5.41) is 6.63. The molecule has 0 aliphatic rings. The number of H-pyrrole nitrogens is 1. The Morgan fingerprint density at radius 1 is 1.50 bits per heavy atom. The molecule has 0 radical (unpaired) electrons. The number of rotatable bonds is 4. The number of aromatic nitrogens is 4. The van der Waals surface area contributed by atoms with Crippen LogP contribution in [0.15, 0.2) is 17.2 Å². The maximum absolute atomic E-state index is 12.3. The quantitative estimate of drug-likeness (QED) is 0.851. The Morgan fingerprint density at radius 3 is 2.75 bits per heavy atom. The summed E-state index contributed by atoms with van der Waals surface area (Å²) < 4.78 is 25.8. The third-order valence-electron chi connectivity index (χ3n) is 2.56. The highest BCUT2D eigenvalue weighted by molar-refractivity contribution is 7.89. The van der Waals surface area contributed by atoms with Crippen molar-refractivity contribution in [1.82, 2.24) is 24.5 Å². The maximum Gasteiger partial charge on any atom is 0.244 e. The highest BCUT2D eigenvalue weighted by atomic mass is 35.5. The fourth-order valence-corrected chi connectivity index (χ4v) is 2.82. The number of anilines is 1. The van der Waals surface area contributed by atoms with Gasteiger partial charge in [0.1, 0.15) is 16.5 Å². The van der Waals surface area contributed by atoms with Crippen LogP contribution in [0.5, 0.6) is 0 Å². The van der Waals surface area contributed by atoms with E-state index in [4.69, 9.17) is 17.3 Å². The van der Waals surface area contributed by atoms with Crippen LogP contribution in [0.25, 0.3) is 0 Å². The van der Waals surface area contributed by atoms with Crippen molar-refractivity contribution in [2.45, 2.75) is 18.4 Å². The van der Waals surface area contributed by atoms with Crippen molar-refractivity contribution < 1.29 is 8.42 Å². The molecule has 20 heavy (non-hydrogen) atoms. The number of hydrogen-bond acceptors (Lipinski definition) is 6. The number of nitrogen functional groups attached to an aromatic ring is 1. The first-order chi connectivity index (χ1) is 9.30. The van der Waals surface area contributed by atoms with Gasteiger partial charge in [-0.15, -0.1) is 0 Å². The molecule has 0 saturated heterocycles. The van der Waals surface area contributed by atoms with E-state index in [0.717, 1.165) is 10.5 Å². The van der Waals surface area contributed by atoms with Gasteiger partial charge in [0.15, 0.2) is 5.82 Å². The molecule has 0 fully saturated rings. The minimum atomic E-state index is -3.73. The van der Waals surface area contributed by atoms with E-state index >= 15 is 0 Å². The van der Waals surface area contributed by atoms with Crippen LogP contribution in [0, 0.1) is 6.92 Å². The van der Waals surface area contributed by atoms with Gasteiger partial charge in [-0.25, -0.2) is 18.4 Å². The molecule has 2 aromatic rings. The molecule has 0 bridgehead atoms. The van der Waals surface area contributed by atoms with Gasteiger partial charge in [0.2, 0.25) is 10.0 Å². The highest BCUT2D eigenvalue weighted by Gasteiger charge is 2.23. The molecular weight excluding hydrogens is 304 g/mol. The van der Waals surface area contributed by atoms with Crippen LogP contribution >= 0.6 is 11.6 Å². The van der Waals surface area contributed by atoms with E-state index in [1.54, 1.807) is 6.92 Å². The molecule has 0 amide bonds. The van der Waals surface area contributed by atoms with Crippen LogP contribution in [0.1, 0.15) is 11.6 Å². The zero-order valence-corrected chi connectivity index (χ0v) is 12.4. The van der Waals surface area contributed by atoms with Crippen LogP contribution in [0.3, 0.4) is 0 Å². The summed E-state index contributed by atoms with van der Waals surface area (Å²) in [6, 6.07) is 1.26. The van der Waals surface area contributed by atoms with Crippen LogP contribution in [-0.2, 0) is 16.6 Å². The van der Waals surface area contributed by atoms with E-state index in [9.17, 15) is 8.42 Å². The molecule has 0 atom stereocenters.